The van der Waals surface area contributed by atoms with Gasteiger partial charge in [-0.3, -0.25) is 4.79 Å². The molecule has 0 fully saturated rings. The van der Waals surface area contributed by atoms with Crippen molar-refractivity contribution in [3.63, 3.8) is 0 Å². The largest absolute Gasteiger partial charge is 0.496 e. The van der Waals surface area contributed by atoms with Crippen molar-refractivity contribution in [1.29, 1.82) is 0 Å². The first-order valence-electron chi connectivity index (χ1n) is 5.55. The predicted molar refractivity (Wildman–Crippen MR) is 70.7 cm³/mol. The zero-order chi connectivity index (χ0) is 13.4. The molecule has 0 aromatic heterocycles. The fraction of sp³-hybridized carbons (Fsp3) is 0.308. The summed E-state index contributed by atoms with van der Waals surface area (Å²) < 4.78 is 5.21. The zero-order valence-corrected chi connectivity index (χ0v) is 10.5. The van der Waals surface area contributed by atoms with Gasteiger partial charge in [-0.25, -0.2) is 0 Å². The number of ketones is 1. The van der Waals surface area contributed by atoms with Crippen LogP contribution in [0.3, 0.4) is 0 Å². The standard InChI is InChI=1S/C13H15N3O2/c1-10(17)11-6-7-13(18-2)12(9-11)5-3-4-8-15-16-14/h3,5-7,9H,4,8H2,1-2H3. The molecule has 0 aliphatic rings. The number of azide groups is 1. The molecule has 0 aliphatic heterocycles. The fourth-order valence-electron chi connectivity index (χ4n) is 1.47. The highest BCUT2D eigenvalue weighted by Crippen LogP contribution is 2.21. The second-order valence-electron chi connectivity index (χ2n) is 3.66. The smallest absolute Gasteiger partial charge is 0.159 e. The molecule has 94 valence electrons. The van der Waals surface area contributed by atoms with Gasteiger partial charge < -0.3 is 4.74 Å². The first-order valence-corrected chi connectivity index (χ1v) is 5.55. The van der Waals surface area contributed by atoms with E-state index in [2.05, 4.69) is 10.0 Å². The summed E-state index contributed by atoms with van der Waals surface area (Å²) in [5.41, 5.74) is 9.62. The van der Waals surface area contributed by atoms with Crippen LogP contribution >= 0.6 is 0 Å². The van der Waals surface area contributed by atoms with E-state index in [-0.39, 0.29) is 5.78 Å². The molecule has 1 aromatic rings. The lowest BCUT2D eigenvalue weighted by Gasteiger charge is -2.06. The van der Waals surface area contributed by atoms with Crippen LogP contribution in [0.1, 0.15) is 29.3 Å². The van der Waals surface area contributed by atoms with Crippen LogP contribution in [-0.2, 0) is 0 Å². The first-order chi connectivity index (χ1) is 8.69. The van der Waals surface area contributed by atoms with Gasteiger partial charge in [0.15, 0.2) is 5.78 Å². The van der Waals surface area contributed by atoms with Crippen molar-refractivity contribution >= 4 is 11.9 Å². The molecule has 0 atom stereocenters. The number of benzene rings is 1. The molecule has 18 heavy (non-hydrogen) atoms. The zero-order valence-electron chi connectivity index (χ0n) is 10.5. The van der Waals surface area contributed by atoms with Crippen LogP contribution < -0.4 is 4.74 Å². The summed E-state index contributed by atoms with van der Waals surface area (Å²) >= 11 is 0. The number of ether oxygens (including phenoxy) is 1. The summed E-state index contributed by atoms with van der Waals surface area (Å²) in [7, 11) is 1.58. The highest BCUT2D eigenvalue weighted by molar-refractivity contribution is 5.95. The Morgan fingerprint density at radius 1 is 1.56 bits per heavy atom. The monoisotopic (exact) mass is 245 g/mol. The van der Waals surface area contributed by atoms with E-state index in [1.54, 1.807) is 25.3 Å². The predicted octanol–water partition coefficient (Wildman–Crippen LogP) is 3.61. The summed E-state index contributed by atoms with van der Waals surface area (Å²) in [5, 5.41) is 3.44. The molecule has 0 saturated carbocycles. The Kier molecular flexibility index (Phi) is 5.48. The Hall–Kier alpha value is -2.26. The van der Waals surface area contributed by atoms with Gasteiger partial charge in [0, 0.05) is 22.6 Å². The molecule has 0 spiro atoms. The van der Waals surface area contributed by atoms with Crippen molar-refractivity contribution in [2.24, 2.45) is 5.11 Å². The first kappa shape index (κ1) is 13.8. The quantitative estimate of drug-likeness (QED) is 0.252. The minimum absolute atomic E-state index is 0.0152. The maximum Gasteiger partial charge on any atom is 0.159 e. The van der Waals surface area contributed by atoms with Crippen LogP contribution in [0.2, 0.25) is 0 Å². The van der Waals surface area contributed by atoms with Crippen molar-refractivity contribution in [3.8, 4) is 5.75 Å². The van der Waals surface area contributed by atoms with Crippen LogP contribution in [0.25, 0.3) is 16.5 Å². The number of hydrogen-bond acceptors (Lipinski definition) is 3. The van der Waals surface area contributed by atoms with Gasteiger partial charge in [-0.2, -0.15) is 0 Å². The molecule has 0 unspecified atom stereocenters. The maximum atomic E-state index is 11.3. The average molecular weight is 245 g/mol. The lowest BCUT2D eigenvalue weighted by molar-refractivity contribution is 0.101. The highest BCUT2D eigenvalue weighted by atomic mass is 16.5. The molecule has 0 radical (unpaired) electrons. The van der Waals surface area contributed by atoms with Crippen LogP contribution in [0.4, 0.5) is 0 Å². The highest BCUT2D eigenvalue weighted by Gasteiger charge is 2.04. The fourth-order valence-corrected chi connectivity index (χ4v) is 1.47. The Bertz CT molecular complexity index is 503. The molecule has 0 amide bonds. The van der Waals surface area contributed by atoms with Crippen molar-refractivity contribution in [2.75, 3.05) is 13.7 Å². The molecule has 5 heteroatoms. The van der Waals surface area contributed by atoms with E-state index >= 15 is 0 Å². The maximum absolute atomic E-state index is 11.3. The number of rotatable bonds is 6. The number of Topliss-reactive ketones (excluding diaryl/α,β-unsaturated/α-hetero) is 1. The molecular formula is C13H15N3O2. The van der Waals surface area contributed by atoms with Gasteiger partial charge >= 0.3 is 0 Å². The van der Waals surface area contributed by atoms with Crippen molar-refractivity contribution < 1.29 is 9.53 Å². The summed E-state index contributed by atoms with van der Waals surface area (Å²) in [5.74, 6) is 0.724. The molecule has 5 nitrogen and oxygen atoms in total. The van der Waals surface area contributed by atoms with Crippen molar-refractivity contribution in [1.82, 2.24) is 0 Å². The second kappa shape index (κ2) is 7.14. The third kappa shape index (κ3) is 3.96. The molecule has 1 rings (SSSR count). The van der Waals surface area contributed by atoms with E-state index < -0.39 is 0 Å². The van der Waals surface area contributed by atoms with Gasteiger partial charge in [0.1, 0.15) is 5.75 Å². The van der Waals surface area contributed by atoms with Gasteiger partial charge in [0.05, 0.1) is 7.11 Å². The number of hydrogen-bond donors (Lipinski definition) is 0. The van der Waals surface area contributed by atoms with E-state index in [9.17, 15) is 4.79 Å². The van der Waals surface area contributed by atoms with E-state index in [4.69, 9.17) is 10.3 Å². The lowest BCUT2D eigenvalue weighted by Crippen LogP contribution is -1.94. The summed E-state index contributed by atoms with van der Waals surface area (Å²) in [4.78, 5) is 14.0. The Morgan fingerprint density at radius 3 is 2.94 bits per heavy atom. The minimum atomic E-state index is 0.0152. The van der Waals surface area contributed by atoms with E-state index in [1.807, 2.05) is 12.2 Å². The minimum Gasteiger partial charge on any atom is -0.496 e. The topological polar surface area (TPSA) is 75.1 Å². The number of carbonyl (C=O) groups excluding carboxylic acids is 1. The number of carbonyl (C=O) groups is 1. The van der Waals surface area contributed by atoms with Gasteiger partial charge in [-0.05, 0) is 37.1 Å². The van der Waals surface area contributed by atoms with E-state index in [0.29, 0.717) is 24.3 Å². The van der Waals surface area contributed by atoms with Crippen LogP contribution in [0.15, 0.2) is 29.4 Å². The van der Waals surface area contributed by atoms with E-state index in [1.165, 1.54) is 6.92 Å². The summed E-state index contributed by atoms with van der Waals surface area (Å²) in [6.07, 6.45) is 4.39. The molecule has 1 aromatic carbocycles. The van der Waals surface area contributed by atoms with Crippen LogP contribution in [-0.4, -0.2) is 19.4 Å². The van der Waals surface area contributed by atoms with Crippen LogP contribution in [0.5, 0.6) is 5.75 Å². The average Bonchev–Trinajstić information content (AvgIpc) is 2.38. The molecule has 0 N–H and O–H groups in total. The molecule has 0 saturated heterocycles. The Morgan fingerprint density at radius 2 is 2.33 bits per heavy atom. The normalized spacial score (nSPS) is 10.1. The van der Waals surface area contributed by atoms with Gasteiger partial charge in [0.2, 0.25) is 0 Å². The lowest BCUT2D eigenvalue weighted by atomic mass is 10.1. The molecule has 0 bridgehead atoms. The Balaban J connectivity index is 2.87. The van der Waals surface area contributed by atoms with Gasteiger partial charge in [0.25, 0.3) is 0 Å². The van der Waals surface area contributed by atoms with Crippen molar-refractivity contribution in [2.45, 2.75) is 13.3 Å². The Labute approximate surface area is 106 Å². The second-order valence-corrected chi connectivity index (χ2v) is 3.66. The molecule has 0 aliphatic carbocycles. The number of nitrogens with zero attached hydrogens (tertiary/aromatic N) is 3. The number of methoxy groups -OCH3 is 1. The van der Waals surface area contributed by atoms with Gasteiger partial charge in [-0.1, -0.05) is 17.3 Å². The SMILES string of the molecule is COc1ccc(C(C)=O)cc1C=CCCN=[N+]=[N-]. The van der Waals surface area contributed by atoms with Crippen LogP contribution in [0, 0.1) is 0 Å². The van der Waals surface area contributed by atoms with Crippen molar-refractivity contribution in [3.05, 3.63) is 45.8 Å². The summed E-state index contributed by atoms with van der Waals surface area (Å²) in [6.45, 7) is 1.94. The third-order valence-corrected chi connectivity index (χ3v) is 2.39. The third-order valence-electron chi connectivity index (χ3n) is 2.39. The van der Waals surface area contributed by atoms with E-state index in [0.717, 1.165) is 5.56 Å². The van der Waals surface area contributed by atoms with Gasteiger partial charge in [-0.15, -0.1) is 0 Å². The molecule has 0 heterocycles. The molecular weight excluding hydrogens is 230 g/mol. The summed E-state index contributed by atoms with van der Waals surface area (Å²) in [6, 6.07) is 5.29.